The maximum absolute atomic E-state index is 13.2. The zero-order valence-electron chi connectivity index (χ0n) is 11.3. The Kier molecular flexibility index (Phi) is 3.59. The second-order valence-corrected chi connectivity index (χ2v) is 5.58. The Hall–Kier alpha value is -2.01. The van der Waals surface area contributed by atoms with E-state index in [1.54, 1.807) is 6.20 Å². The minimum Gasteiger partial charge on any atom is -0.310 e. The quantitative estimate of drug-likeness (QED) is 0.885. The number of aryl methyl sites for hydroxylation is 1. The summed E-state index contributed by atoms with van der Waals surface area (Å²) < 4.78 is 13.2. The number of carbonyl (C=O) groups excluding carboxylic acids is 1. The van der Waals surface area contributed by atoms with Crippen molar-refractivity contribution >= 4 is 23.3 Å². The highest BCUT2D eigenvalue weighted by Crippen LogP contribution is 2.47. The van der Waals surface area contributed by atoms with E-state index in [1.807, 2.05) is 19.1 Å². The number of hydrogen-bond donors (Lipinski definition) is 1. The molecular weight excluding hydrogens is 293 g/mol. The maximum atomic E-state index is 13.2. The number of pyridine rings is 2. The van der Waals surface area contributed by atoms with Crippen molar-refractivity contribution in [1.82, 2.24) is 9.97 Å². The molecule has 0 saturated heterocycles. The lowest BCUT2D eigenvalue weighted by Crippen LogP contribution is -2.16. The largest absolute Gasteiger partial charge is 0.310 e. The number of aromatic nitrogens is 2. The summed E-state index contributed by atoms with van der Waals surface area (Å²) in [4.78, 5) is 20.3. The van der Waals surface area contributed by atoms with Gasteiger partial charge < -0.3 is 5.32 Å². The molecule has 4 nitrogen and oxygen atoms in total. The van der Waals surface area contributed by atoms with Crippen LogP contribution >= 0.6 is 11.6 Å². The van der Waals surface area contributed by atoms with E-state index in [0.717, 1.165) is 29.8 Å². The number of rotatable bonds is 3. The monoisotopic (exact) mass is 305 g/mol. The molecule has 1 saturated carbocycles. The van der Waals surface area contributed by atoms with Crippen LogP contribution < -0.4 is 5.32 Å². The van der Waals surface area contributed by atoms with E-state index in [0.29, 0.717) is 0 Å². The summed E-state index contributed by atoms with van der Waals surface area (Å²) in [5.41, 5.74) is 2.03. The summed E-state index contributed by atoms with van der Waals surface area (Å²) in [7, 11) is 0. The molecule has 1 fully saturated rings. The third-order valence-electron chi connectivity index (χ3n) is 3.45. The number of carbonyl (C=O) groups is 1. The molecule has 2 aromatic rings. The lowest BCUT2D eigenvalue weighted by atomic mass is 10.1. The molecule has 21 heavy (non-hydrogen) atoms. The van der Waals surface area contributed by atoms with E-state index in [4.69, 9.17) is 11.6 Å². The van der Waals surface area contributed by atoms with Crippen molar-refractivity contribution in [1.29, 1.82) is 0 Å². The van der Waals surface area contributed by atoms with Crippen LogP contribution in [0.5, 0.6) is 0 Å². The molecule has 2 heterocycles. The fraction of sp³-hybridized carbons (Fsp3) is 0.267. The number of anilines is 1. The van der Waals surface area contributed by atoms with E-state index in [-0.39, 0.29) is 28.7 Å². The van der Waals surface area contributed by atoms with Gasteiger partial charge in [0.15, 0.2) is 0 Å². The molecule has 1 amide bonds. The summed E-state index contributed by atoms with van der Waals surface area (Å²) in [6, 6.07) is 6.13. The summed E-state index contributed by atoms with van der Waals surface area (Å²) >= 11 is 5.66. The first kappa shape index (κ1) is 13.9. The first-order valence-corrected chi connectivity index (χ1v) is 6.97. The van der Waals surface area contributed by atoms with Crippen LogP contribution in [0.1, 0.15) is 23.6 Å². The lowest BCUT2D eigenvalue weighted by Gasteiger charge is -2.05. The molecule has 108 valence electrons. The van der Waals surface area contributed by atoms with E-state index in [1.165, 1.54) is 0 Å². The lowest BCUT2D eigenvalue weighted by molar-refractivity contribution is -0.117. The summed E-state index contributed by atoms with van der Waals surface area (Å²) in [5.74, 6) is -0.611. The smallest absolute Gasteiger partial charge is 0.229 e. The zero-order chi connectivity index (χ0) is 15.0. The van der Waals surface area contributed by atoms with Gasteiger partial charge in [0.1, 0.15) is 16.8 Å². The standard InChI is InChI=1S/C15H13ClFN3O/c1-8-2-3-18-12(4-8)10-7-11(10)15(21)20-14-6-9(17)5-13(16)19-14/h2-6,10-11H,7H2,1H3,(H,19,20,21)/t10?,11-/m0/s1. The van der Waals surface area contributed by atoms with Crippen molar-refractivity contribution < 1.29 is 9.18 Å². The van der Waals surface area contributed by atoms with Crippen molar-refractivity contribution in [3.05, 3.63) is 52.7 Å². The average molecular weight is 306 g/mol. The third kappa shape index (κ3) is 3.19. The average Bonchev–Trinajstić information content (AvgIpc) is 3.17. The highest BCUT2D eigenvalue weighted by Gasteiger charge is 2.45. The van der Waals surface area contributed by atoms with Crippen LogP contribution in [-0.2, 0) is 4.79 Å². The van der Waals surface area contributed by atoms with Crippen LogP contribution in [0, 0.1) is 18.7 Å². The second kappa shape index (κ2) is 5.41. The number of nitrogens with one attached hydrogen (secondary N) is 1. The molecule has 0 spiro atoms. The van der Waals surface area contributed by atoms with Gasteiger partial charge in [-0.2, -0.15) is 0 Å². The molecule has 1 unspecified atom stereocenters. The molecule has 1 aliphatic rings. The molecule has 0 radical (unpaired) electrons. The molecular formula is C15H13ClFN3O. The first-order valence-electron chi connectivity index (χ1n) is 6.59. The van der Waals surface area contributed by atoms with E-state index in [2.05, 4.69) is 15.3 Å². The Balaban J connectivity index is 1.68. The molecule has 2 atom stereocenters. The number of hydrogen-bond acceptors (Lipinski definition) is 3. The van der Waals surface area contributed by atoms with Gasteiger partial charge in [-0.3, -0.25) is 9.78 Å². The number of amides is 1. The molecule has 3 rings (SSSR count). The fourth-order valence-electron chi connectivity index (χ4n) is 2.32. The van der Waals surface area contributed by atoms with Gasteiger partial charge in [0, 0.05) is 35.9 Å². The Bertz CT molecular complexity index is 687. The minimum atomic E-state index is -0.530. The predicted molar refractivity (Wildman–Crippen MR) is 77.7 cm³/mol. The van der Waals surface area contributed by atoms with Crippen molar-refractivity contribution in [2.75, 3.05) is 5.32 Å². The van der Waals surface area contributed by atoms with Crippen LogP contribution in [-0.4, -0.2) is 15.9 Å². The summed E-state index contributed by atoms with van der Waals surface area (Å²) in [6.45, 7) is 1.99. The Labute approximate surface area is 126 Å². The molecule has 0 bridgehead atoms. The first-order chi connectivity index (χ1) is 10.0. The van der Waals surface area contributed by atoms with E-state index in [9.17, 15) is 9.18 Å². The highest BCUT2D eigenvalue weighted by molar-refractivity contribution is 6.29. The molecule has 0 aliphatic heterocycles. The molecule has 1 N–H and O–H groups in total. The van der Waals surface area contributed by atoms with Crippen molar-refractivity contribution in [2.45, 2.75) is 19.3 Å². The number of halogens is 2. The second-order valence-electron chi connectivity index (χ2n) is 5.19. The van der Waals surface area contributed by atoms with Crippen LogP contribution in [0.15, 0.2) is 30.5 Å². The fourth-order valence-corrected chi connectivity index (χ4v) is 2.52. The SMILES string of the molecule is Cc1ccnc(C2C[C@@H]2C(=O)Nc2cc(F)cc(Cl)n2)c1. The van der Waals surface area contributed by atoms with Crippen LogP contribution in [0.2, 0.25) is 5.15 Å². The van der Waals surface area contributed by atoms with Gasteiger partial charge in [-0.05, 0) is 31.0 Å². The maximum Gasteiger partial charge on any atom is 0.229 e. The van der Waals surface area contributed by atoms with Crippen molar-refractivity contribution in [2.24, 2.45) is 5.92 Å². The zero-order valence-corrected chi connectivity index (χ0v) is 12.1. The third-order valence-corrected chi connectivity index (χ3v) is 3.65. The van der Waals surface area contributed by atoms with Gasteiger partial charge in [0.2, 0.25) is 5.91 Å². The van der Waals surface area contributed by atoms with Crippen LogP contribution in [0.3, 0.4) is 0 Å². The van der Waals surface area contributed by atoms with Crippen molar-refractivity contribution in [3.8, 4) is 0 Å². The van der Waals surface area contributed by atoms with E-state index < -0.39 is 5.82 Å². The van der Waals surface area contributed by atoms with Crippen LogP contribution in [0.25, 0.3) is 0 Å². The Morgan fingerprint density at radius 1 is 1.43 bits per heavy atom. The molecule has 6 heteroatoms. The van der Waals surface area contributed by atoms with Gasteiger partial charge in [-0.25, -0.2) is 9.37 Å². The highest BCUT2D eigenvalue weighted by atomic mass is 35.5. The minimum absolute atomic E-state index is 0.0120. The van der Waals surface area contributed by atoms with E-state index >= 15 is 0 Å². The Morgan fingerprint density at radius 3 is 2.95 bits per heavy atom. The van der Waals surface area contributed by atoms with Crippen LogP contribution in [0.4, 0.5) is 10.2 Å². The van der Waals surface area contributed by atoms with Gasteiger partial charge in [-0.15, -0.1) is 0 Å². The summed E-state index contributed by atoms with van der Waals surface area (Å²) in [5, 5.41) is 2.61. The number of nitrogens with zero attached hydrogens (tertiary/aromatic N) is 2. The van der Waals surface area contributed by atoms with Gasteiger partial charge in [0.25, 0.3) is 0 Å². The summed E-state index contributed by atoms with van der Waals surface area (Å²) in [6.07, 6.45) is 2.48. The Morgan fingerprint density at radius 2 is 2.24 bits per heavy atom. The topological polar surface area (TPSA) is 54.9 Å². The van der Waals surface area contributed by atoms with Gasteiger partial charge >= 0.3 is 0 Å². The van der Waals surface area contributed by atoms with Crippen molar-refractivity contribution in [3.63, 3.8) is 0 Å². The molecule has 0 aromatic carbocycles. The predicted octanol–water partition coefficient (Wildman–Crippen LogP) is 3.32. The normalized spacial score (nSPS) is 20.1. The van der Waals surface area contributed by atoms with Gasteiger partial charge in [-0.1, -0.05) is 11.6 Å². The molecule has 1 aliphatic carbocycles. The van der Waals surface area contributed by atoms with Gasteiger partial charge in [0.05, 0.1) is 0 Å². The molecule has 2 aromatic heterocycles.